The lowest BCUT2D eigenvalue weighted by Crippen LogP contribution is -2.42. The molecule has 1 aromatic rings. The largest absolute Gasteiger partial charge is 0.492 e. The average Bonchev–Trinajstić information content (AvgIpc) is 2.90. The van der Waals surface area contributed by atoms with Gasteiger partial charge in [-0.15, -0.1) is 0 Å². The summed E-state index contributed by atoms with van der Waals surface area (Å²) in [5.74, 6) is -0.476. The Morgan fingerprint density at radius 2 is 1.90 bits per heavy atom. The number of carbonyl (C=O) groups is 2. The maximum absolute atomic E-state index is 12.5. The van der Waals surface area contributed by atoms with E-state index in [-0.39, 0.29) is 17.7 Å². The molecule has 1 saturated heterocycles. The van der Waals surface area contributed by atoms with Gasteiger partial charge in [-0.25, -0.2) is 0 Å². The number of rotatable bonds is 2. The molecule has 0 radical (unpaired) electrons. The number of amides is 1. The van der Waals surface area contributed by atoms with Crippen LogP contribution in [0, 0.1) is 5.92 Å². The van der Waals surface area contributed by atoms with Crippen LogP contribution in [0.1, 0.15) is 24.3 Å². The Morgan fingerprint density at radius 1 is 1.20 bits per heavy atom. The van der Waals surface area contributed by atoms with E-state index >= 15 is 0 Å². The number of nitrogens with zero attached hydrogens (tertiary/aromatic N) is 1. The molecule has 20 heavy (non-hydrogen) atoms. The summed E-state index contributed by atoms with van der Waals surface area (Å²) < 4.78 is 5.54. The average molecular weight is 275 g/mol. The zero-order valence-electron chi connectivity index (χ0n) is 11.1. The second-order valence-corrected chi connectivity index (χ2v) is 5.34. The predicted molar refractivity (Wildman–Crippen MR) is 71.6 cm³/mol. The highest BCUT2D eigenvalue weighted by molar-refractivity contribution is 5.86. The van der Waals surface area contributed by atoms with Gasteiger partial charge in [-0.3, -0.25) is 9.59 Å². The van der Waals surface area contributed by atoms with Crippen LogP contribution in [0.4, 0.5) is 0 Å². The van der Waals surface area contributed by atoms with E-state index in [2.05, 4.69) is 0 Å². The highest BCUT2D eigenvalue weighted by Gasteiger charge is 2.35. The fourth-order valence-electron chi connectivity index (χ4n) is 2.93. The molecule has 5 nitrogen and oxygen atoms in total. The number of hydrogen-bond donors (Lipinski definition) is 1. The summed E-state index contributed by atoms with van der Waals surface area (Å²) in [6.45, 7) is 1.43. The van der Waals surface area contributed by atoms with Crippen molar-refractivity contribution in [2.75, 3.05) is 19.7 Å². The summed E-state index contributed by atoms with van der Waals surface area (Å²) in [5, 5.41) is 8.98. The number of hydrogen-bond acceptors (Lipinski definition) is 3. The molecule has 1 unspecified atom stereocenters. The number of para-hydroxylation sites is 1. The van der Waals surface area contributed by atoms with Gasteiger partial charge in [0.25, 0.3) is 0 Å². The monoisotopic (exact) mass is 275 g/mol. The van der Waals surface area contributed by atoms with Gasteiger partial charge in [-0.2, -0.15) is 0 Å². The van der Waals surface area contributed by atoms with Crippen molar-refractivity contribution in [2.24, 2.45) is 5.92 Å². The van der Waals surface area contributed by atoms with Crippen LogP contribution in [0.25, 0.3) is 0 Å². The topological polar surface area (TPSA) is 66.8 Å². The summed E-state index contributed by atoms with van der Waals surface area (Å²) >= 11 is 0. The third-order valence-electron chi connectivity index (χ3n) is 4.15. The lowest BCUT2D eigenvalue weighted by atomic mass is 9.94. The Balaban J connectivity index is 1.68. The molecule has 5 heteroatoms. The minimum atomic E-state index is -0.758. The van der Waals surface area contributed by atoms with Crippen molar-refractivity contribution >= 4 is 11.9 Å². The fourth-order valence-corrected chi connectivity index (χ4v) is 2.93. The summed E-state index contributed by atoms with van der Waals surface area (Å²) in [6.07, 6.45) is 1.08. The molecule has 1 fully saturated rings. The molecule has 2 heterocycles. The summed E-state index contributed by atoms with van der Waals surface area (Å²) in [4.78, 5) is 25.2. The van der Waals surface area contributed by atoms with Gasteiger partial charge < -0.3 is 14.7 Å². The van der Waals surface area contributed by atoms with E-state index in [0.29, 0.717) is 32.5 Å². The first kappa shape index (κ1) is 13.0. The third kappa shape index (κ3) is 2.24. The van der Waals surface area contributed by atoms with Gasteiger partial charge in [0.2, 0.25) is 5.91 Å². The number of fused-ring (bicyclic) bond motifs is 1. The van der Waals surface area contributed by atoms with Gasteiger partial charge >= 0.3 is 5.97 Å². The maximum Gasteiger partial charge on any atom is 0.306 e. The van der Waals surface area contributed by atoms with Crippen LogP contribution in [-0.2, 0) is 9.59 Å². The normalized spacial score (nSPS) is 22.2. The summed E-state index contributed by atoms with van der Waals surface area (Å²) in [5.41, 5.74) is 0.942. The Labute approximate surface area is 117 Å². The molecule has 0 aromatic heterocycles. The molecule has 0 bridgehead atoms. The van der Waals surface area contributed by atoms with E-state index in [4.69, 9.17) is 9.84 Å². The second kappa shape index (κ2) is 5.15. The molecule has 0 saturated carbocycles. The maximum atomic E-state index is 12.5. The molecule has 1 N–H and O–H groups in total. The summed E-state index contributed by atoms with van der Waals surface area (Å²) in [7, 11) is 0. The van der Waals surface area contributed by atoms with Crippen LogP contribution in [0.5, 0.6) is 5.75 Å². The molecule has 2 aliphatic heterocycles. The van der Waals surface area contributed by atoms with Crippen LogP contribution in [-0.4, -0.2) is 41.6 Å². The number of piperidine rings is 1. The quantitative estimate of drug-likeness (QED) is 0.888. The molecular formula is C15H17NO4. The first-order valence-corrected chi connectivity index (χ1v) is 6.90. The zero-order valence-corrected chi connectivity index (χ0v) is 11.1. The minimum absolute atomic E-state index is 0.0544. The Bertz CT molecular complexity index is 534. The molecule has 0 aliphatic carbocycles. The number of aliphatic carboxylic acids is 1. The van der Waals surface area contributed by atoms with E-state index in [1.54, 1.807) is 4.90 Å². The molecule has 106 valence electrons. The van der Waals surface area contributed by atoms with Crippen LogP contribution in [0.3, 0.4) is 0 Å². The summed E-state index contributed by atoms with van der Waals surface area (Å²) in [6, 6.07) is 7.60. The van der Waals surface area contributed by atoms with Crippen LogP contribution in [0.15, 0.2) is 24.3 Å². The number of benzene rings is 1. The lowest BCUT2D eigenvalue weighted by Gasteiger charge is -2.31. The number of carboxylic acid groups (broad SMARTS) is 1. The fraction of sp³-hybridized carbons (Fsp3) is 0.467. The molecule has 2 aliphatic rings. The second-order valence-electron chi connectivity index (χ2n) is 5.34. The highest BCUT2D eigenvalue weighted by atomic mass is 16.5. The van der Waals surface area contributed by atoms with Gasteiger partial charge in [-0.05, 0) is 18.9 Å². The molecule has 3 rings (SSSR count). The highest BCUT2D eigenvalue weighted by Crippen LogP contribution is 2.35. The number of carboxylic acids is 1. The number of likely N-dealkylation sites (tertiary alicyclic amines) is 1. The Hall–Kier alpha value is -2.04. The van der Waals surface area contributed by atoms with Crippen molar-refractivity contribution in [3.63, 3.8) is 0 Å². The Morgan fingerprint density at radius 3 is 2.60 bits per heavy atom. The lowest BCUT2D eigenvalue weighted by molar-refractivity contribution is -0.146. The van der Waals surface area contributed by atoms with Crippen molar-refractivity contribution in [1.29, 1.82) is 0 Å². The smallest absolute Gasteiger partial charge is 0.306 e. The van der Waals surface area contributed by atoms with E-state index in [9.17, 15) is 9.59 Å². The molecule has 0 spiro atoms. The number of ether oxygens (including phenoxy) is 1. The van der Waals surface area contributed by atoms with Gasteiger partial charge in [0.05, 0.1) is 5.92 Å². The zero-order chi connectivity index (χ0) is 14.1. The van der Waals surface area contributed by atoms with Crippen molar-refractivity contribution < 1.29 is 19.4 Å². The molecule has 1 amide bonds. The first-order chi connectivity index (χ1) is 9.66. The van der Waals surface area contributed by atoms with E-state index in [1.165, 1.54) is 0 Å². The van der Waals surface area contributed by atoms with Crippen LogP contribution in [0.2, 0.25) is 0 Å². The molecule has 1 aromatic carbocycles. The van der Waals surface area contributed by atoms with Gasteiger partial charge in [0, 0.05) is 18.7 Å². The van der Waals surface area contributed by atoms with Crippen molar-refractivity contribution in [3.8, 4) is 5.75 Å². The van der Waals surface area contributed by atoms with Gasteiger partial charge in [-0.1, -0.05) is 18.2 Å². The third-order valence-corrected chi connectivity index (χ3v) is 4.15. The van der Waals surface area contributed by atoms with E-state index in [0.717, 1.165) is 11.3 Å². The first-order valence-electron chi connectivity index (χ1n) is 6.90. The van der Waals surface area contributed by atoms with Crippen molar-refractivity contribution in [2.45, 2.75) is 18.8 Å². The van der Waals surface area contributed by atoms with Crippen LogP contribution >= 0.6 is 0 Å². The van der Waals surface area contributed by atoms with Crippen molar-refractivity contribution in [1.82, 2.24) is 4.90 Å². The van der Waals surface area contributed by atoms with E-state index in [1.807, 2.05) is 24.3 Å². The van der Waals surface area contributed by atoms with Gasteiger partial charge in [0.1, 0.15) is 18.3 Å². The SMILES string of the molecule is O=C(O)C1CCN(C(=O)C2COc3ccccc32)CC1. The van der Waals surface area contributed by atoms with Crippen molar-refractivity contribution in [3.05, 3.63) is 29.8 Å². The molecular weight excluding hydrogens is 258 g/mol. The molecule has 1 atom stereocenters. The van der Waals surface area contributed by atoms with Gasteiger partial charge in [0.15, 0.2) is 0 Å². The predicted octanol–water partition coefficient (Wildman–Crippen LogP) is 1.49. The number of carbonyl (C=O) groups excluding carboxylic acids is 1. The van der Waals surface area contributed by atoms with E-state index < -0.39 is 5.97 Å². The minimum Gasteiger partial charge on any atom is -0.492 e. The Kier molecular flexibility index (Phi) is 3.34. The standard InChI is InChI=1S/C15H17NO4/c17-14(16-7-5-10(6-8-16)15(18)19)12-9-20-13-4-2-1-3-11(12)13/h1-4,10,12H,5-9H2,(H,18,19). The van der Waals surface area contributed by atoms with Crippen LogP contribution < -0.4 is 4.74 Å².